The zero-order valence-electron chi connectivity index (χ0n) is 8.51. The van der Waals surface area contributed by atoms with Crippen LogP contribution in [0.5, 0.6) is 0 Å². The largest absolute Gasteiger partial charge is 0.392 e. The number of nitrogens with zero attached hydrogens (tertiary/aromatic N) is 2. The molecule has 0 atom stereocenters. The number of aromatic nitrogens is 1. The van der Waals surface area contributed by atoms with E-state index in [1.54, 1.807) is 12.1 Å². The van der Waals surface area contributed by atoms with E-state index >= 15 is 0 Å². The zero-order valence-corrected chi connectivity index (χ0v) is 8.51. The number of imide groups is 1. The summed E-state index contributed by atoms with van der Waals surface area (Å²) in [6.45, 7) is 0.205. The second-order valence-corrected chi connectivity index (χ2v) is 3.44. The molecule has 0 radical (unpaired) electrons. The summed E-state index contributed by atoms with van der Waals surface area (Å²) in [5, 5.41) is 11.2. The molecular weight excluding hydrogens is 210 g/mol. The van der Waals surface area contributed by atoms with Gasteiger partial charge in [0.25, 0.3) is 0 Å². The maximum Gasteiger partial charge on any atom is 0.329 e. The van der Waals surface area contributed by atoms with Crippen molar-refractivity contribution in [1.82, 2.24) is 10.3 Å². The number of amides is 3. The summed E-state index contributed by atoms with van der Waals surface area (Å²) < 4.78 is 0. The minimum absolute atomic E-state index is 0.107. The summed E-state index contributed by atoms with van der Waals surface area (Å²) in [6.07, 6.45) is 1.78. The van der Waals surface area contributed by atoms with Crippen LogP contribution in [-0.2, 0) is 11.4 Å². The number of hydrogen-bond acceptors (Lipinski definition) is 4. The smallest absolute Gasteiger partial charge is 0.329 e. The molecule has 2 N–H and O–H groups in total. The fraction of sp³-hybridized carbons (Fsp3) is 0.300. The molecule has 84 valence electrons. The van der Waals surface area contributed by atoms with Gasteiger partial charge in [-0.25, -0.2) is 9.78 Å². The number of carbonyl (C=O) groups is 2. The van der Waals surface area contributed by atoms with E-state index in [0.29, 0.717) is 17.9 Å². The summed E-state index contributed by atoms with van der Waals surface area (Å²) in [5.74, 6) is 0.163. The van der Waals surface area contributed by atoms with Gasteiger partial charge in [-0.1, -0.05) is 0 Å². The highest BCUT2D eigenvalue weighted by Gasteiger charge is 2.24. The molecule has 2 heterocycles. The number of aliphatic hydroxyl groups excluding tert-OH is 1. The molecule has 0 saturated carbocycles. The van der Waals surface area contributed by atoms with Gasteiger partial charge in [-0.3, -0.25) is 15.0 Å². The second-order valence-electron chi connectivity index (χ2n) is 3.44. The second kappa shape index (κ2) is 4.28. The molecule has 2 rings (SSSR count). The topological polar surface area (TPSA) is 82.5 Å². The van der Waals surface area contributed by atoms with Gasteiger partial charge in [-0.15, -0.1) is 0 Å². The van der Waals surface area contributed by atoms with Gasteiger partial charge in [-0.05, 0) is 17.7 Å². The first-order valence-electron chi connectivity index (χ1n) is 4.88. The van der Waals surface area contributed by atoms with Gasteiger partial charge in [0.15, 0.2) is 0 Å². The Morgan fingerprint density at radius 2 is 2.31 bits per heavy atom. The molecule has 1 aliphatic heterocycles. The Hall–Kier alpha value is -1.95. The minimum Gasteiger partial charge on any atom is -0.392 e. The fourth-order valence-electron chi connectivity index (χ4n) is 1.49. The Labute approximate surface area is 91.9 Å². The number of anilines is 1. The lowest BCUT2D eigenvalue weighted by Crippen LogP contribution is -2.49. The van der Waals surface area contributed by atoms with E-state index in [-0.39, 0.29) is 18.9 Å². The molecule has 1 aromatic heterocycles. The van der Waals surface area contributed by atoms with Gasteiger partial charge in [0.2, 0.25) is 5.91 Å². The molecule has 0 aromatic carbocycles. The van der Waals surface area contributed by atoms with Crippen molar-refractivity contribution in [1.29, 1.82) is 0 Å². The van der Waals surface area contributed by atoms with Crippen LogP contribution >= 0.6 is 0 Å². The van der Waals surface area contributed by atoms with E-state index < -0.39 is 6.03 Å². The quantitative estimate of drug-likeness (QED) is 0.737. The highest BCUT2D eigenvalue weighted by Crippen LogP contribution is 2.15. The van der Waals surface area contributed by atoms with Crippen molar-refractivity contribution in [3.8, 4) is 0 Å². The summed E-state index contributed by atoms with van der Waals surface area (Å²) in [7, 11) is 0. The molecule has 0 aliphatic carbocycles. The molecule has 1 saturated heterocycles. The number of urea groups is 1. The summed E-state index contributed by atoms with van der Waals surface area (Å²) in [6, 6.07) is 2.81. The number of hydrogen-bond donors (Lipinski definition) is 2. The van der Waals surface area contributed by atoms with Crippen LogP contribution in [0.4, 0.5) is 10.6 Å². The standard InChI is InChI=1S/C10H11N3O3/c14-6-7-1-3-11-8(5-7)13-4-2-9(15)12-10(13)16/h1,3,5,14H,2,4,6H2,(H,12,15,16). The van der Waals surface area contributed by atoms with Crippen molar-refractivity contribution < 1.29 is 14.7 Å². The maximum absolute atomic E-state index is 11.5. The zero-order chi connectivity index (χ0) is 11.5. The molecule has 1 aliphatic rings. The van der Waals surface area contributed by atoms with E-state index in [1.165, 1.54) is 11.1 Å². The number of carbonyl (C=O) groups excluding carboxylic acids is 2. The van der Waals surface area contributed by atoms with Crippen molar-refractivity contribution in [2.24, 2.45) is 0 Å². The lowest BCUT2D eigenvalue weighted by Gasteiger charge is -2.25. The van der Waals surface area contributed by atoms with Crippen molar-refractivity contribution in [2.75, 3.05) is 11.4 Å². The molecule has 1 aromatic rings. The van der Waals surface area contributed by atoms with Gasteiger partial charge in [0.1, 0.15) is 5.82 Å². The van der Waals surface area contributed by atoms with Gasteiger partial charge in [-0.2, -0.15) is 0 Å². The number of aliphatic hydroxyl groups is 1. The van der Waals surface area contributed by atoms with E-state index in [1.807, 2.05) is 0 Å². The molecule has 1 fully saturated rings. The van der Waals surface area contributed by atoms with E-state index in [4.69, 9.17) is 5.11 Å². The van der Waals surface area contributed by atoms with E-state index in [9.17, 15) is 9.59 Å². The Morgan fingerprint density at radius 3 is 3.00 bits per heavy atom. The number of rotatable bonds is 2. The lowest BCUT2D eigenvalue weighted by atomic mass is 10.2. The van der Waals surface area contributed by atoms with Crippen LogP contribution in [0.1, 0.15) is 12.0 Å². The first-order chi connectivity index (χ1) is 7.70. The SMILES string of the molecule is O=C1CCN(c2cc(CO)ccn2)C(=O)N1. The van der Waals surface area contributed by atoms with Crippen molar-refractivity contribution in [2.45, 2.75) is 13.0 Å². The first-order valence-corrected chi connectivity index (χ1v) is 4.88. The van der Waals surface area contributed by atoms with Crippen LogP contribution in [0, 0.1) is 0 Å². The Kier molecular flexibility index (Phi) is 2.82. The highest BCUT2D eigenvalue weighted by molar-refractivity contribution is 6.05. The number of pyridine rings is 1. The molecule has 16 heavy (non-hydrogen) atoms. The monoisotopic (exact) mass is 221 g/mol. The van der Waals surface area contributed by atoms with Crippen LogP contribution in [-0.4, -0.2) is 28.6 Å². The van der Waals surface area contributed by atoms with Gasteiger partial charge < -0.3 is 5.11 Å². The molecule has 0 bridgehead atoms. The molecule has 0 spiro atoms. The predicted octanol–water partition coefficient (Wildman–Crippen LogP) is 0.0202. The maximum atomic E-state index is 11.5. The van der Waals surface area contributed by atoms with E-state index in [0.717, 1.165) is 0 Å². The molecular formula is C10H11N3O3. The molecule has 0 unspecified atom stereocenters. The molecule has 6 nitrogen and oxygen atoms in total. The number of nitrogens with one attached hydrogen (secondary N) is 1. The van der Waals surface area contributed by atoms with Crippen LogP contribution in [0.2, 0.25) is 0 Å². The Bertz CT molecular complexity index is 433. The van der Waals surface area contributed by atoms with Crippen molar-refractivity contribution >= 4 is 17.8 Å². The van der Waals surface area contributed by atoms with Crippen molar-refractivity contribution in [3.05, 3.63) is 23.9 Å². The average molecular weight is 221 g/mol. The summed E-state index contributed by atoms with van der Waals surface area (Å²) >= 11 is 0. The van der Waals surface area contributed by atoms with Gasteiger partial charge in [0, 0.05) is 19.2 Å². The van der Waals surface area contributed by atoms with Crippen LogP contribution in [0.25, 0.3) is 0 Å². The van der Waals surface area contributed by atoms with E-state index in [2.05, 4.69) is 10.3 Å². The summed E-state index contributed by atoms with van der Waals surface area (Å²) in [5.41, 5.74) is 0.676. The third-order valence-corrected chi connectivity index (χ3v) is 2.32. The predicted molar refractivity (Wildman–Crippen MR) is 55.7 cm³/mol. The van der Waals surface area contributed by atoms with Gasteiger partial charge >= 0.3 is 6.03 Å². The summed E-state index contributed by atoms with van der Waals surface area (Å²) in [4.78, 5) is 27.9. The Balaban J connectivity index is 2.23. The van der Waals surface area contributed by atoms with Gasteiger partial charge in [0.05, 0.1) is 6.61 Å². The lowest BCUT2D eigenvalue weighted by molar-refractivity contribution is -0.120. The molecule has 6 heteroatoms. The minimum atomic E-state index is -0.473. The third kappa shape index (κ3) is 2.01. The third-order valence-electron chi connectivity index (χ3n) is 2.32. The molecule has 3 amide bonds. The van der Waals surface area contributed by atoms with Crippen molar-refractivity contribution in [3.63, 3.8) is 0 Å². The normalized spacial score (nSPS) is 16.2. The average Bonchev–Trinajstić information content (AvgIpc) is 2.29. The van der Waals surface area contributed by atoms with Crippen LogP contribution in [0.3, 0.4) is 0 Å². The Morgan fingerprint density at radius 1 is 1.50 bits per heavy atom. The highest BCUT2D eigenvalue weighted by atomic mass is 16.3. The van der Waals surface area contributed by atoms with Crippen LogP contribution < -0.4 is 10.2 Å². The first kappa shape index (κ1) is 10.6. The van der Waals surface area contributed by atoms with Crippen LogP contribution in [0.15, 0.2) is 18.3 Å². The fourth-order valence-corrected chi connectivity index (χ4v) is 1.49.